The fraction of sp³-hybridized carbons (Fsp3) is 0.556. The summed E-state index contributed by atoms with van der Waals surface area (Å²) in [7, 11) is 0. The van der Waals surface area contributed by atoms with Gasteiger partial charge in [0.1, 0.15) is 0 Å². The van der Waals surface area contributed by atoms with E-state index in [0.29, 0.717) is 17.3 Å². The van der Waals surface area contributed by atoms with Crippen LogP contribution < -0.4 is 0 Å². The normalized spacial score (nSPS) is 35.0. The molecule has 96 valence electrons. The lowest BCUT2D eigenvalue weighted by Crippen LogP contribution is -2.47. The molecule has 0 spiro atoms. The van der Waals surface area contributed by atoms with Crippen LogP contribution in [0.4, 0.5) is 0 Å². The molecule has 0 fully saturated rings. The van der Waals surface area contributed by atoms with Crippen LogP contribution in [0.1, 0.15) is 57.6 Å². The highest BCUT2D eigenvalue weighted by Crippen LogP contribution is 2.60. The van der Waals surface area contributed by atoms with Gasteiger partial charge in [0.2, 0.25) is 0 Å². The van der Waals surface area contributed by atoms with E-state index in [0.717, 1.165) is 5.92 Å². The molecule has 0 N–H and O–H groups in total. The van der Waals surface area contributed by atoms with E-state index < -0.39 is 0 Å². The monoisotopic (exact) mass is 240 g/mol. The van der Waals surface area contributed by atoms with Crippen LogP contribution in [0.3, 0.4) is 0 Å². The number of allylic oxidation sites excluding steroid dienone is 2. The van der Waals surface area contributed by atoms with E-state index in [4.69, 9.17) is 0 Å². The minimum absolute atomic E-state index is 0.372. The summed E-state index contributed by atoms with van der Waals surface area (Å²) in [4.78, 5) is 0. The smallest absolute Gasteiger partial charge is 0.0227 e. The Morgan fingerprint density at radius 2 is 1.94 bits per heavy atom. The minimum atomic E-state index is 0.372. The zero-order valence-corrected chi connectivity index (χ0v) is 12.0. The molecule has 0 saturated heterocycles. The van der Waals surface area contributed by atoms with E-state index in [1.54, 1.807) is 16.7 Å². The number of rotatable bonds is 2. The molecular weight excluding hydrogens is 216 g/mol. The second kappa shape index (κ2) is 3.98. The van der Waals surface area contributed by atoms with E-state index in [1.165, 1.54) is 12.8 Å². The van der Waals surface area contributed by atoms with Crippen molar-refractivity contribution >= 4 is 0 Å². The lowest BCUT2D eigenvalue weighted by molar-refractivity contribution is 0.243. The molecule has 0 heteroatoms. The summed E-state index contributed by atoms with van der Waals surface area (Å²) in [5, 5.41) is 0. The van der Waals surface area contributed by atoms with Gasteiger partial charge in [-0.05, 0) is 35.3 Å². The number of hydrogen-bond donors (Lipinski definition) is 0. The molecular formula is C18H24. The van der Waals surface area contributed by atoms with E-state index in [-0.39, 0.29) is 0 Å². The van der Waals surface area contributed by atoms with Gasteiger partial charge >= 0.3 is 0 Å². The average Bonchev–Trinajstić information content (AvgIpc) is 2.36. The Kier molecular flexibility index (Phi) is 2.66. The molecule has 2 aliphatic rings. The molecule has 1 aromatic rings. The summed E-state index contributed by atoms with van der Waals surface area (Å²) in [6.45, 7) is 9.58. The van der Waals surface area contributed by atoms with E-state index in [9.17, 15) is 0 Å². The molecule has 1 aromatic carbocycles. The first-order valence-corrected chi connectivity index (χ1v) is 7.42. The van der Waals surface area contributed by atoms with Crippen molar-refractivity contribution in [3.05, 3.63) is 47.0 Å². The van der Waals surface area contributed by atoms with Crippen LogP contribution in [0.2, 0.25) is 0 Å². The quantitative estimate of drug-likeness (QED) is 0.634. The molecule has 0 heterocycles. The highest BCUT2D eigenvalue weighted by atomic mass is 14.5. The van der Waals surface area contributed by atoms with Crippen molar-refractivity contribution in [2.45, 2.75) is 51.9 Å². The Morgan fingerprint density at radius 1 is 1.22 bits per heavy atom. The summed E-state index contributed by atoms with van der Waals surface area (Å²) < 4.78 is 0. The second-order valence-corrected chi connectivity index (χ2v) is 6.31. The molecule has 0 aromatic heterocycles. The van der Waals surface area contributed by atoms with Gasteiger partial charge in [0.05, 0.1) is 0 Å². The SMILES string of the molecule is CCC(C)C12CC=C1C(C)C(C)c1ccccc12. The lowest BCUT2D eigenvalue weighted by Gasteiger charge is -2.55. The summed E-state index contributed by atoms with van der Waals surface area (Å²) in [6.07, 6.45) is 5.03. The molecule has 0 nitrogen and oxygen atoms in total. The highest BCUT2D eigenvalue weighted by Gasteiger charge is 2.51. The average molecular weight is 240 g/mol. The van der Waals surface area contributed by atoms with Gasteiger partial charge in [0.15, 0.2) is 0 Å². The fourth-order valence-electron chi connectivity index (χ4n) is 4.24. The van der Waals surface area contributed by atoms with Crippen LogP contribution >= 0.6 is 0 Å². The standard InChI is InChI=1S/C18H24/c1-5-12(2)18-11-10-16(18)14(4)13(3)15-8-6-7-9-17(15)18/h6-10,12-14H,5,11H2,1-4H3. The molecule has 0 saturated carbocycles. The second-order valence-electron chi connectivity index (χ2n) is 6.31. The molecule has 3 rings (SSSR count). The zero-order valence-electron chi connectivity index (χ0n) is 12.0. The third kappa shape index (κ3) is 1.27. The summed E-state index contributed by atoms with van der Waals surface area (Å²) in [5.74, 6) is 2.14. The maximum atomic E-state index is 2.50. The van der Waals surface area contributed by atoms with Crippen LogP contribution in [-0.2, 0) is 5.41 Å². The summed E-state index contributed by atoms with van der Waals surface area (Å²) >= 11 is 0. The predicted molar refractivity (Wildman–Crippen MR) is 77.9 cm³/mol. The Hall–Kier alpha value is -1.04. The van der Waals surface area contributed by atoms with Crippen LogP contribution in [0, 0.1) is 11.8 Å². The Balaban J connectivity index is 2.22. The van der Waals surface area contributed by atoms with Gasteiger partial charge in [-0.1, -0.05) is 70.0 Å². The van der Waals surface area contributed by atoms with Crippen LogP contribution in [0.5, 0.6) is 0 Å². The van der Waals surface area contributed by atoms with Crippen molar-refractivity contribution < 1.29 is 0 Å². The van der Waals surface area contributed by atoms with Crippen molar-refractivity contribution in [1.82, 2.24) is 0 Å². The first kappa shape index (κ1) is 12.0. The molecule has 0 bridgehead atoms. The minimum Gasteiger partial charge on any atom is -0.0829 e. The van der Waals surface area contributed by atoms with E-state index in [1.807, 2.05) is 0 Å². The topological polar surface area (TPSA) is 0 Å². The number of hydrogen-bond acceptors (Lipinski definition) is 0. The van der Waals surface area contributed by atoms with Crippen molar-refractivity contribution in [3.8, 4) is 0 Å². The first-order chi connectivity index (χ1) is 8.63. The van der Waals surface area contributed by atoms with Crippen molar-refractivity contribution in [1.29, 1.82) is 0 Å². The molecule has 4 unspecified atom stereocenters. The Bertz CT molecular complexity index is 497. The van der Waals surface area contributed by atoms with Gasteiger partial charge in [-0.15, -0.1) is 0 Å². The lowest BCUT2D eigenvalue weighted by atomic mass is 9.49. The maximum absolute atomic E-state index is 2.50. The fourth-order valence-corrected chi connectivity index (χ4v) is 4.24. The Morgan fingerprint density at radius 3 is 2.56 bits per heavy atom. The van der Waals surface area contributed by atoms with Crippen LogP contribution in [-0.4, -0.2) is 0 Å². The Labute approximate surface area is 111 Å². The molecule has 0 aliphatic heterocycles. The largest absolute Gasteiger partial charge is 0.0829 e. The van der Waals surface area contributed by atoms with Gasteiger partial charge in [-0.3, -0.25) is 0 Å². The molecule has 0 radical (unpaired) electrons. The summed E-state index contributed by atoms with van der Waals surface area (Å²) in [6, 6.07) is 9.17. The summed E-state index contributed by atoms with van der Waals surface area (Å²) in [5.41, 5.74) is 5.32. The van der Waals surface area contributed by atoms with Crippen molar-refractivity contribution in [2.24, 2.45) is 11.8 Å². The van der Waals surface area contributed by atoms with Crippen molar-refractivity contribution in [3.63, 3.8) is 0 Å². The van der Waals surface area contributed by atoms with Gasteiger partial charge in [-0.2, -0.15) is 0 Å². The molecule has 4 atom stereocenters. The third-order valence-corrected chi connectivity index (χ3v) is 5.79. The van der Waals surface area contributed by atoms with Gasteiger partial charge in [0.25, 0.3) is 0 Å². The van der Waals surface area contributed by atoms with Gasteiger partial charge < -0.3 is 0 Å². The van der Waals surface area contributed by atoms with E-state index >= 15 is 0 Å². The van der Waals surface area contributed by atoms with Crippen LogP contribution in [0.15, 0.2) is 35.9 Å². The third-order valence-electron chi connectivity index (χ3n) is 5.79. The maximum Gasteiger partial charge on any atom is 0.0227 e. The van der Waals surface area contributed by atoms with Gasteiger partial charge in [-0.25, -0.2) is 0 Å². The molecule has 0 amide bonds. The van der Waals surface area contributed by atoms with E-state index in [2.05, 4.69) is 58.0 Å². The number of fused-ring (bicyclic) bond motifs is 3. The van der Waals surface area contributed by atoms with Crippen molar-refractivity contribution in [2.75, 3.05) is 0 Å². The molecule has 18 heavy (non-hydrogen) atoms. The predicted octanol–water partition coefficient (Wildman–Crippen LogP) is 5.05. The highest BCUT2D eigenvalue weighted by molar-refractivity contribution is 5.54. The van der Waals surface area contributed by atoms with Crippen LogP contribution in [0.25, 0.3) is 0 Å². The number of benzene rings is 1. The zero-order chi connectivity index (χ0) is 12.9. The molecule has 2 aliphatic carbocycles. The van der Waals surface area contributed by atoms with Gasteiger partial charge in [0, 0.05) is 5.41 Å². The first-order valence-electron chi connectivity index (χ1n) is 7.42.